The van der Waals surface area contributed by atoms with Crippen LogP contribution in [0.3, 0.4) is 0 Å². The van der Waals surface area contributed by atoms with Gasteiger partial charge in [-0.2, -0.15) is 0 Å². The number of hydrogen-bond donors (Lipinski definition) is 1. The smallest absolute Gasteiger partial charge is 0.0273 e. The fourth-order valence-corrected chi connectivity index (χ4v) is 0.544. The molecule has 0 aliphatic heterocycles. The normalized spacial score (nSPS) is 14.9. The molecule has 0 fully saturated rings. The third-order valence-electron chi connectivity index (χ3n) is 1.19. The minimum atomic E-state index is 0.486. The highest BCUT2D eigenvalue weighted by Crippen LogP contribution is 1.93. The summed E-state index contributed by atoms with van der Waals surface area (Å²) in [6, 6.07) is 0. The van der Waals surface area contributed by atoms with E-state index in [1.54, 1.807) is 7.05 Å². The van der Waals surface area contributed by atoms with E-state index in [2.05, 4.69) is 11.9 Å². The van der Waals surface area contributed by atoms with Crippen molar-refractivity contribution in [3.8, 4) is 0 Å². The van der Waals surface area contributed by atoms with Gasteiger partial charge in [-0.1, -0.05) is 6.92 Å². The molecule has 0 radical (unpaired) electrons. The Bertz CT molecular complexity index is 64.9. The molecule has 0 aromatic rings. The zero-order valence-corrected chi connectivity index (χ0v) is 5.59. The Labute approximate surface area is 50.8 Å². The first kappa shape index (κ1) is 7.63. The molecule has 2 N–H and O–H groups in total. The topological polar surface area (TPSA) is 38.4 Å². The van der Waals surface area contributed by atoms with Crippen molar-refractivity contribution >= 4 is 6.21 Å². The monoisotopic (exact) mass is 114 g/mol. The van der Waals surface area contributed by atoms with Gasteiger partial charge in [0.25, 0.3) is 0 Å². The molecule has 2 heteroatoms. The van der Waals surface area contributed by atoms with Crippen molar-refractivity contribution in [2.75, 3.05) is 13.6 Å². The summed E-state index contributed by atoms with van der Waals surface area (Å²) in [6.45, 7) is 2.83. The van der Waals surface area contributed by atoms with Crippen molar-refractivity contribution in [2.45, 2.75) is 13.3 Å². The summed E-state index contributed by atoms with van der Waals surface area (Å²) in [7, 11) is 1.78. The Kier molecular flexibility index (Phi) is 4.56. The number of rotatable bonds is 3. The van der Waals surface area contributed by atoms with E-state index in [1.807, 2.05) is 6.21 Å². The maximum Gasteiger partial charge on any atom is 0.0273 e. The van der Waals surface area contributed by atoms with E-state index in [-0.39, 0.29) is 0 Å². The van der Waals surface area contributed by atoms with Crippen LogP contribution in [0.15, 0.2) is 4.99 Å². The van der Waals surface area contributed by atoms with Gasteiger partial charge in [0.05, 0.1) is 0 Å². The molecule has 0 aromatic heterocycles. The lowest BCUT2D eigenvalue weighted by Crippen LogP contribution is -2.14. The molecule has 0 aliphatic rings. The first-order valence-corrected chi connectivity index (χ1v) is 2.97. The van der Waals surface area contributed by atoms with Crippen molar-refractivity contribution in [2.24, 2.45) is 16.6 Å². The maximum atomic E-state index is 5.38. The predicted octanol–water partition coefficient (Wildman–Crippen LogP) is 0.672. The van der Waals surface area contributed by atoms with Crippen molar-refractivity contribution in [3.63, 3.8) is 0 Å². The van der Waals surface area contributed by atoms with E-state index in [0.717, 1.165) is 6.42 Å². The van der Waals surface area contributed by atoms with Crippen LogP contribution in [0.2, 0.25) is 0 Å². The summed E-state index contributed by atoms with van der Waals surface area (Å²) < 4.78 is 0. The standard InChI is InChI=1S/C6H14N2/c1-3-6(4-7)5-8-2/h5-6H,3-4,7H2,1-2H3. The minimum absolute atomic E-state index is 0.486. The van der Waals surface area contributed by atoms with Gasteiger partial charge in [0.1, 0.15) is 0 Å². The SMILES string of the molecule is CCC(C=NC)CN. The molecule has 1 atom stereocenters. The molecule has 0 spiro atoms. The van der Waals surface area contributed by atoms with Gasteiger partial charge in [0, 0.05) is 25.7 Å². The second-order valence-corrected chi connectivity index (χ2v) is 1.81. The molecule has 0 bridgehead atoms. The molecule has 0 aromatic carbocycles. The average molecular weight is 114 g/mol. The van der Waals surface area contributed by atoms with Crippen molar-refractivity contribution < 1.29 is 0 Å². The summed E-state index contributed by atoms with van der Waals surface area (Å²) in [6.07, 6.45) is 2.99. The van der Waals surface area contributed by atoms with Gasteiger partial charge in [0.2, 0.25) is 0 Å². The molecular formula is C6H14N2. The van der Waals surface area contributed by atoms with Gasteiger partial charge < -0.3 is 10.7 Å². The molecule has 0 saturated carbocycles. The van der Waals surface area contributed by atoms with Gasteiger partial charge in [-0.25, -0.2) is 0 Å². The highest BCUT2D eigenvalue weighted by atomic mass is 14.7. The first-order chi connectivity index (χ1) is 3.85. The third-order valence-corrected chi connectivity index (χ3v) is 1.19. The summed E-state index contributed by atoms with van der Waals surface area (Å²) in [4.78, 5) is 3.87. The molecule has 48 valence electrons. The second-order valence-electron chi connectivity index (χ2n) is 1.81. The Morgan fingerprint density at radius 2 is 2.38 bits per heavy atom. The highest BCUT2D eigenvalue weighted by Gasteiger charge is 1.95. The molecule has 0 saturated heterocycles. The van der Waals surface area contributed by atoms with Gasteiger partial charge in [-0.3, -0.25) is 0 Å². The zero-order chi connectivity index (χ0) is 6.41. The molecule has 0 rings (SSSR count). The Hall–Kier alpha value is -0.370. The van der Waals surface area contributed by atoms with Gasteiger partial charge >= 0.3 is 0 Å². The van der Waals surface area contributed by atoms with Gasteiger partial charge in [-0.15, -0.1) is 0 Å². The minimum Gasteiger partial charge on any atom is -0.330 e. The lowest BCUT2D eigenvalue weighted by molar-refractivity contribution is 0.689. The molecule has 0 amide bonds. The maximum absolute atomic E-state index is 5.38. The highest BCUT2D eigenvalue weighted by molar-refractivity contribution is 5.60. The first-order valence-electron chi connectivity index (χ1n) is 2.97. The molecule has 8 heavy (non-hydrogen) atoms. The van der Waals surface area contributed by atoms with Crippen molar-refractivity contribution in [3.05, 3.63) is 0 Å². The lowest BCUT2D eigenvalue weighted by Gasteiger charge is -2.01. The van der Waals surface area contributed by atoms with Crippen LogP contribution in [-0.4, -0.2) is 19.8 Å². The summed E-state index contributed by atoms with van der Waals surface area (Å²) in [5, 5.41) is 0. The van der Waals surface area contributed by atoms with Crippen LogP contribution < -0.4 is 5.73 Å². The van der Waals surface area contributed by atoms with Crippen LogP contribution in [0.4, 0.5) is 0 Å². The zero-order valence-electron chi connectivity index (χ0n) is 5.59. The molecule has 0 aliphatic carbocycles. The van der Waals surface area contributed by atoms with Crippen molar-refractivity contribution in [1.82, 2.24) is 0 Å². The third kappa shape index (κ3) is 2.75. The van der Waals surface area contributed by atoms with Gasteiger partial charge in [0.15, 0.2) is 0 Å². The van der Waals surface area contributed by atoms with Gasteiger partial charge in [-0.05, 0) is 6.42 Å². The van der Waals surface area contributed by atoms with E-state index >= 15 is 0 Å². The fourth-order valence-electron chi connectivity index (χ4n) is 0.544. The average Bonchev–Trinajstić information content (AvgIpc) is 1.83. The molecule has 1 unspecified atom stereocenters. The largest absolute Gasteiger partial charge is 0.330 e. The molecule has 0 heterocycles. The summed E-state index contributed by atoms with van der Waals surface area (Å²) in [5.41, 5.74) is 5.38. The van der Waals surface area contributed by atoms with Crippen LogP contribution in [-0.2, 0) is 0 Å². The summed E-state index contributed by atoms with van der Waals surface area (Å²) >= 11 is 0. The Balaban J connectivity index is 3.36. The number of nitrogens with two attached hydrogens (primary N) is 1. The number of hydrogen-bond acceptors (Lipinski definition) is 2. The van der Waals surface area contributed by atoms with E-state index < -0.39 is 0 Å². The number of nitrogens with zero attached hydrogens (tertiary/aromatic N) is 1. The van der Waals surface area contributed by atoms with Crippen LogP contribution in [0.5, 0.6) is 0 Å². The second kappa shape index (κ2) is 4.78. The van der Waals surface area contributed by atoms with Crippen molar-refractivity contribution in [1.29, 1.82) is 0 Å². The predicted molar refractivity (Wildman–Crippen MR) is 37.3 cm³/mol. The molecule has 2 nitrogen and oxygen atoms in total. The quantitative estimate of drug-likeness (QED) is 0.538. The fraction of sp³-hybridized carbons (Fsp3) is 0.833. The van der Waals surface area contributed by atoms with E-state index in [4.69, 9.17) is 5.73 Å². The van der Waals surface area contributed by atoms with E-state index in [1.165, 1.54) is 0 Å². The number of aliphatic imine (C=N–C) groups is 1. The van der Waals surface area contributed by atoms with Crippen LogP contribution in [0, 0.1) is 5.92 Å². The lowest BCUT2D eigenvalue weighted by atomic mass is 10.1. The van der Waals surface area contributed by atoms with Crippen LogP contribution >= 0.6 is 0 Å². The van der Waals surface area contributed by atoms with E-state index in [9.17, 15) is 0 Å². The Morgan fingerprint density at radius 1 is 1.75 bits per heavy atom. The van der Waals surface area contributed by atoms with E-state index in [0.29, 0.717) is 12.5 Å². The van der Waals surface area contributed by atoms with Crippen LogP contribution in [0.25, 0.3) is 0 Å². The van der Waals surface area contributed by atoms with Crippen LogP contribution in [0.1, 0.15) is 13.3 Å². The molecular weight excluding hydrogens is 100 g/mol. The Morgan fingerprint density at radius 3 is 2.50 bits per heavy atom. The summed E-state index contributed by atoms with van der Waals surface area (Å²) in [5.74, 6) is 0.486.